The monoisotopic (exact) mass is 320 g/mol. The molecule has 3 rings (SSSR count). The third-order valence-corrected chi connectivity index (χ3v) is 4.09. The molecule has 4 nitrogen and oxygen atoms in total. The van der Waals surface area contributed by atoms with E-state index in [2.05, 4.69) is 10.3 Å². The molecule has 0 aliphatic carbocycles. The number of hydrogen-bond acceptors (Lipinski definition) is 3. The van der Waals surface area contributed by atoms with E-state index in [1.807, 2.05) is 63.2 Å². The van der Waals surface area contributed by atoms with Crippen LogP contribution in [0.15, 0.2) is 48.7 Å². The summed E-state index contributed by atoms with van der Waals surface area (Å²) >= 11 is 0. The first-order valence-corrected chi connectivity index (χ1v) is 7.89. The number of ether oxygens (including phenoxy) is 1. The fraction of sp³-hybridized carbons (Fsp3) is 0.200. The molecule has 0 saturated carbocycles. The number of hydrogen-bond donors (Lipinski definition) is 1. The number of rotatable bonds is 4. The molecule has 1 N–H and O–H groups in total. The number of nitrogens with zero attached hydrogens (tertiary/aromatic N) is 1. The fourth-order valence-electron chi connectivity index (χ4n) is 2.56. The highest BCUT2D eigenvalue weighted by Gasteiger charge is 2.09. The van der Waals surface area contributed by atoms with Crippen molar-refractivity contribution in [1.82, 2.24) is 4.98 Å². The van der Waals surface area contributed by atoms with E-state index in [-0.39, 0.29) is 12.5 Å². The van der Waals surface area contributed by atoms with E-state index in [0.717, 1.165) is 27.7 Å². The lowest BCUT2D eigenvalue weighted by Gasteiger charge is -2.11. The summed E-state index contributed by atoms with van der Waals surface area (Å²) in [5.41, 5.74) is 5.06. The van der Waals surface area contributed by atoms with Crippen LogP contribution >= 0.6 is 0 Å². The van der Waals surface area contributed by atoms with Crippen LogP contribution in [-0.4, -0.2) is 17.5 Å². The highest BCUT2D eigenvalue weighted by molar-refractivity contribution is 6.02. The van der Waals surface area contributed by atoms with Crippen LogP contribution in [0, 0.1) is 20.8 Å². The molecular weight excluding hydrogens is 300 g/mol. The normalized spacial score (nSPS) is 10.6. The second-order valence-electron chi connectivity index (χ2n) is 5.91. The van der Waals surface area contributed by atoms with Crippen LogP contribution in [0.5, 0.6) is 5.75 Å². The minimum atomic E-state index is -0.192. The van der Waals surface area contributed by atoms with E-state index in [0.29, 0.717) is 5.75 Å². The number of fused-ring (bicyclic) bond motifs is 1. The van der Waals surface area contributed by atoms with Crippen LogP contribution in [0.2, 0.25) is 0 Å². The van der Waals surface area contributed by atoms with Crippen molar-refractivity contribution in [3.05, 3.63) is 65.4 Å². The summed E-state index contributed by atoms with van der Waals surface area (Å²) in [7, 11) is 0. The number of carbonyl (C=O) groups excluding carboxylic acids is 1. The summed E-state index contributed by atoms with van der Waals surface area (Å²) in [5.74, 6) is 0.505. The summed E-state index contributed by atoms with van der Waals surface area (Å²) < 4.78 is 5.58. The van der Waals surface area contributed by atoms with Crippen molar-refractivity contribution in [1.29, 1.82) is 0 Å². The zero-order valence-corrected chi connectivity index (χ0v) is 14.1. The van der Waals surface area contributed by atoms with Crippen LogP contribution in [0.4, 0.5) is 5.69 Å². The van der Waals surface area contributed by atoms with E-state index in [9.17, 15) is 4.79 Å². The molecule has 1 amide bonds. The average Bonchev–Trinajstić information content (AvgIpc) is 2.59. The Labute approximate surface area is 141 Å². The number of pyridine rings is 1. The van der Waals surface area contributed by atoms with Crippen molar-refractivity contribution < 1.29 is 9.53 Å². The molecule has 122 valence electrons. The molecule has 0 unspecified atom stereocenters. The highest BCUT2D eigenvalue weighted by Crippen LogP contribution is 2.24. The fourth-order valence-corrected chi connectivity index (χ4v) is 2.56. The number of carbonyl (C=O) groups is 1. The van der Waals surface area contributed by atoms with E-state index < -0.39 is 0 Å². The third kappa shape index (κ3) is 3.38. The Bertz CT molecular complexity index is 903. The van der Waals surface area contributed by atoms with Gasteiger partial charge in [0.2, 0.25) is 0 Å². The second-order valence-corrected chi connectivity index (χ2v) is 5.91. The molecule has 0 aliphatic heterocycles. The van der Waals surface area contributed by atoms with Gasteiger partial charge < -0.3 is 10.1 Å². The summed E-state index contributed by atoms with van der Waals surface area (Å²) in [6, 6.07) is 13.5. The number of anilines is 1. The standard InChI is InChI=1S/C20H20N2O2/c1-13-6-8-16(11-15(13)3)24-12-19(23)22-18-9-7-14(2)20-17(18)5-4-10-21-20/h4-11H,12H2,1-3H3,(H,22,23). The first-order valence-electron chi connectivity index (χ1n) is 7.89. The molecule has 1 heterocycles. The van der Waals surface area contributed by atoms with Crippen LogP contribution in [-0.2, 0) is 4.79 Å². The number of nitrogens with one attached hydrogen (secondary N) is 1. The van der Waals surface area contributed by atoms with Gasteiger partial charge in [0.15, 0.2) is 6.61 Å². The first kappa shape index (κ1) is 16.0. The second kappa shape index (κ2) is 6.71. The average molecular weight is 320 g/mol. The molecule has 0 aliphatic rings. The van der Waals surface area contributed by atoms with Gasteiger partial charge in [0, 0.05) is 11.6 Å². The Morgan fingerprint density at radius 3 is 2.62 bits per heavy atom. The summed E-state index contributed by atoms with van der Waals surface area (Å²) in [4.78, 5) is 16.6. The van der Waals surface area contributed by atoms with Gasteiger partial charge in [-0.2, -0.15) is 0 Å². The van der Waals surface area contributed by atoms with Gasteiger partial charge in [-0.15, -0.1) is 0 Å². The van der Waals surface area contributed by atoms with Gasteiger partial charge >= 0.3 is 0 Å². The lowest BCUT2D eigenvalue weighted by atomic mass is 10.1. The predicted octanol–water partition coefficient (Wildman–Crippen LogP) is 4.18. The van der Waals surface area contributed by atoms with Gasteiger partial charge in [-0.1, -0.05) is 12.1 Å². The van der Waals surface area contributed by atoms with Gasteiger partial charge in [-0.3, -0.25) is 9.78 Å². The molecule has 0 saturated heterocycles. The van der Waals surface area contributed by atoms with Crippen LogP contribution in [0.1, 0.15) is 16.7 Å². The van der Waals surface area contributed by atoms with E-state index in [4.69, 9.17) is 4.74 Å². The molecule has 3 aromatic rings. The molecule has 24 heavy (non-hydrogen) atoms. The summed E-state index contributed by atoms with van der Waals surface area (Å²) in [6.07, 6.45) is 1.75. The SMILES string of the molecule is Cc1ccc(OCC(=O)Nc2ccc(C)c3ncccc23)cc1C. The molecule has 0 fully saturated rings. The van der Waals surface area contributed by atoms with Crippen molar-refractivity contribution in [2.24, 2.45) is 0 Å². The Kier molecular flexibility index (Phi) is 4.47. The van der Waals surface area contributed by atoms with Gasteiger partial charge in [-0.05, 0) is 67.8 Å². The Hall–Kier alpha value is -2.88. The maximum Gasteiger partial charge on any atom is 0.262 e. The summed E-state index contributed by atoms with van der Waals surface area (Å²) in [6.45, 7) is 6.04. The van der Waals surface area contributed by atoms with E-state index in [1.54, 1.807) is 6.20 Å². The van der Waals surface area contributed by atoms with Crippen molar-refractivity contribution in [2.75, 3.05) is 11.9 Å². The van der Waals surface area contributed by atoms with Crippen molar-refractivity contribution >= 4 is 22.5 Å². The first-order chi connectivity index (χ1) is 11.5. The minimum Gasteiger partial charge on any atom is -0.484 e. The van der Waals surface area contributed by atoms with Crippen molar-refractivity contribution in [2.45, 2.75) is 20.8 Å². The van der Waals surface area contributed by atoms with Gasteiger partial charge in [-0.25, -0.2) is 0 Å². The molecule has 0 atom stereocenters. The molecule has 2 aromatic carbocycles. The smallest absolute Gasteiger partial charge is 0.262 e. The van der Waals surface area contributed by atoms with Crippen LogP contribution in [0.25, 0.3) is 10.9 Å². The Balaban J connectivity index is 1.71. The molecule has 0 radical (unpaired) electrons. The molecule has 1 aromatic heterocycles. The lowest BCUT2D eigenvalue weighted by molar-refractivity contribution is -0.118. The third-order valence-electron chi connectivity index (χ3n) is 4.09. The van der Waals surface area contributed by atoms with Crippen LogP contribution in [0.3, 0.4) is 0 Å². The number of amides is 1. The van der Waals surface area contributed by atoms with Crippen LogP contribution < -0.4 is 10.1 Å². The Morgan fingerprint density at radius 1 is 1.04 bits per heavy atom. The molecular formula is C20H20N2O2. The van der Waals surface area contributed by atoms with Gasteiger partial charge in [0.05, 0.1) is 11.2 Å². The maximum absolute atomic E-state index is 12.2. The topological polar surface area (TPSA) is 51.2 Å². The van der Waals surface area contributed by atoms with Gasteiger partial charge in [0.1, 0.15) is 5.75 Å². The number of aromatic nitrogens is 1. The van der Waals surface area contributed by atoms with E-state index >= 15 is 0 Å². The van der Waals surface area contributed by atoms with Crippen molar-refractivity contribution in [3.8, 4) is 5.75 Å². The predicted molar refractivity (Wildman–Crippen MR) is 96.5 cm³/mol. The largest absolute Gasteiger partial charge is 0.484 e. The molecule has 4 heteroatoms. The molecule has 0 spiro atoms. The summed E-state index contributed by atoms with van der Waals surface area (Å²) in [5, 5.41) is 3.83. The molecule has 0 bridgehead atoms. The number of aryl methyl sites for hydroxylation is 3. The van der Waals surface area contributed by atoms with Crippen molar-refractivity contribution in [3.63, 3.8) is 0 Å². The zero-order valence-electron chi connectivity index (χ0n) is 14.1. The van der Waals surface area contributed by atoms with Gasteiger partial charge in [0.25, 0.3) is 5.91 Å². The highest BCUT2D eigenvalue weighted by atomic mass is 16.5. The Morgan fingerprint density at radius 2 is 1.83 bits per heavy atom. The minimum absolute atomic E-state index is 0.0296. The zero-order chi connectivity index (χ0) is 17.1. The quantitative estimate of drug-likeness (QED) is 0.784. The maximum atomic E-state index is 12.2. The number of benzene rings is 2. The lowest BCUT2D eigenvalue weighted by Crippen LogP contribution is -2.20. The van der Waals surface area contributed by atoms with E-state index in [1.165, 1.54) is 5.56 Å².